The molecule has 2 atom stereocenters. The highest BCUT2D eigenvalue weighted by Crippen LogP contribution is 2.19. The maximum absolute atomic E-state index is 5.27. The summed E-state index contributed by atoms with van der Waals surface area (Å²) < 4.78 is 5.27. The Hall–Kier alpha value is -0.870. The Morgan fingerprint density at radius 3 is 3.00 bits per heavy atom. The second-order valence-corrected chi connectivity index (χ2v) is 5.10. The Balaban J connectivity index is 1.85. The quantitative estimate of drug-likeness (QED) is 0.867. The van der Waals surface area contributed by atoms with Gasteiger partial charge in [0.25, 0.3) is 0 Å². The SMILES string of the molecule is CCNC1CCN(Cc2cc(C)no2)CC1C. The molecule has 0 aliphatic carbocycles. The molecule has 0 amide bonds. The van der Waals surface area contributed by atoms with E-state index in [2.05, 4.69) is 29.2 Å². The van der Waals surface area contributed by atoms with Crippen molar-refractivity contribution in [2.45, 2.75) is 39.8 Å². The third-order valence-electron chi connectivity index (χ3n) is 3.51. The summed E-state index contributed by atoms with van der Waals surface area (Å²) in [5, 5.41) is 7.49. The Kier molecular flexibility index (Phi) is 4.18. The van der Waals surface area contributed by atoms with Crippen LogP contribution in [0.5, 0.6) is 0 Å². The summed E-state index contributed by atoms with van der Waals surface area (Å²) in [6.07, 6.45) is 1.22. The molecule has 1 saturated heterocycles. The average Bonchev–Trinajstić information content (AvgIpc) is 2.68. The van der Waals surface area contributed by atoms with Gasteiger partial charge in [0.1, 0.15) is 0 Å². The van der Waals surface area contributed by atoms with E-state index < -0.39 is 0 Å². The van der Waals surface area contributed by atoms with Crippen LogP contribution in [0.1, 0.15) is 31.7 Å². The summed E-state index contributed by atoms with van der Waals surface area (Å²) in [6, 6.07) is 2.70. The van der Waals surface area contributed by atoms with Gasteiger partial charge in [0.2, 0.25) is 0 Å². The van der Waals surface area contributed by atoms with Gasteiger partial charge in [0.05, 0.1) is 12.2 Å². The number of aryl methyl sites for hydroxylation is 1. The molecule has 2 rings (SSSR count). The lowest BCUT2D eigenvalue weighted by atomic mass is 9.94. The monoisotopic (exact) mass is 237 g/mol. The van der Waals surface area contributed by atoms with Crippen molar-refractivity contribution in [3.05, 3.63) is 17.5 Å². The van der Waals surface area contributed by atoms with Crippen LogP contribution in [-0.4, -0.2) is 35.7 Å². The van der Waals surface area contributed by atoms with E-state index in [-0.39, 0.29) is 0 Å². The van der Waals surface area contributed by atoms with Crippen LogP contribution in [-0.2, 0) is 6.54 Å². The molecule has 1 N–H and O–H groups in total. The van der Waals surface area contributed by atoms with E-state index >= 15 is 0 Å². The molecule has 1 aliphatic heterocycles. The molecule has 0 bridgehead atoms. The topological polar surface area (TPSA) is 41.3 Å². The highest BCUT2D eigenvalue weighted by Gasteiger charge is 2.25. The summed E-state index contributed by atoms with van der Waals surface area (Å²) in [6.45, 7) is 10.7. The molecule has 2 unspecified atom stereocenters. The van der Waals surface area contributed by atoms with Crippen molar-refractivity contribution >= 4 is 0 Å². The molecule has 1 aliphatic rings. The number of nitrogens with zero attached hydrogens (tertiary/aromatic N) is 2. The fourth-order valence-electron chi connectivity index (χ4n) is 2.65. The fraction of sp³-hybridized carbons (Fsp3) is 0.769. The molecule has 17 heavy (non-hydrogen) atoms. The summed E-state index contributed by atoms with van der Waals surface area (Å²) in [7, 11) is 0. The molecular weight excluding hydrogens is 214 g/mol. The van der Waals surface area contributed by atoms with Gasteiger partial charge in [-0.05, 0) is 25.8 Å². The second kappa shape index (κ2) is 5.65. The third kappa shape index (κ3) is 3.30. The Morgan fingerprint density at radius 2 is 2.41 bits per heavy atom. The van der Waals surface area contributed by atoms with Crippen LogP contribution < -0.4 is 5.32 Å². The van der Waals surface area contributed by atoms with Crippen molar-refractivity contribution in [2.75, 3.05) is 19.6 Å². The van der Waals surface area contributed by atoms with Gasteiger partial charge >= 0.3 is 0 Å². The molecule has 1 fully saturated rings. The second-order valence-electron chi connectivity index (χ2n) is 5.10. The Bertz CT molecular complexity index is 350. The number of likely N-dealkylation sites (tertiary alicyclic amines) is 1. The van der Waals surface area contributed by atoms with Gasteiger partial charge in [0.15, 0.2) is 5.76 Å². The van der Waals surface area contributed by atoms with Gasteiger partial charge in [-0.25, -0.2) is 0 Å². The minimum atomic E-state index is 0.674. The number of nitrogens with one attached hydrogen (secondary N) is 1. The van der Waals surface area contributed by atoms with Crippen molar-refractivity contribution in [3.63, 3.8) is 0 Å². The van der Waals surface area contributed by atoms with Gasteiger partial charge in [-0.1, -0.05) is 19.0 Å². The lowest BCUT2D eigenvalue weighted by Crippen LogP contribution is -2.47. The zero-order chi connectivity index (χ0) is 12.3. The van der Waals surface area contributed by atoms with E-state index in [9.17, 15) is 0 Å². The molecule has 0 spiro atoms. The van der Waals surface area contributed by atoms with Crippen LogP contribution in [0.4, 0.5) is 0 Å². The third-order valence-corrected chi connectivity index (χ3v) is 3.51. The Morgan fingerprint density at radius 1 is 1.59 bits per heavy atom. The standard InChI is InChI=1S/C13H23N3O/c1-4-14-13-5-6-16(8-10(13)2)9-12-7-11(3)15-17-12/h7,10,13-14H,4-6,8-9H2,1-3H3. The summed E-state index contributed by atoms with van der Waals surface area (Å²) in [5.74, 6) is 1.68. The minimum Gasteiger partial charge on any atom is -0.360 e. The molecule has 4 heteroatoms. The van der Waals surface area contributed by atoms with Crippen molar-refractivity contribution < 1.29 is 4.52 Å². The molecule has 0 saturated carbocycles. The van der Waals surface area contributed by atoms with Crippen LogP contribution in [0.2, 0.25) is 0 Å². The number of hydrogen-bond donors (Lipinski definition) is 1. The van der Waals surface area contributed by atoms with Crippen molar-refractivity contribution in [3.8, 4) is 0 Å². The van der Waals surface area contributed by atoms with Crippen molar-refractivity contribution in [1.82, 2.24) is 15.4 Å². The predicted molar refractivity (Wildman–Crippen MR) is 67.8 cm³/mol. The first-order valence-corrected chi connectivity index (χ1v) is 6.57. The Labute approximate surface area is 103 Å². The lowest BCUT2D eigenvalue weighted by molar-refractivity contribution is 0.130. The molecule has 4 nitrogen and oxygen atoms in total. The largest absolute Gasteiger partial charge is 0.360 e. The number of piperidine rings is 1. The van der Waals surface area contributed by atoms with Crippen LogP contribution in [0.15, 0.2) is 10.6 Å². The zero-order valence-corrected chi connectivity index (χ0v) is 11.1. The maximum Gasteiger partial charge on any atom is 0.150 e. The van der Waals surface area contributed by atoms with Crippen LogP contribution in [0.25, 0.3) is 0 Å². The molecule has 96 valence electrons. The van der Waals surface area contributed by atoms with Crippen LogP contribution >= 0.6 is 0 Å². The average molecular weight is 237 g/mol. The number of hydrogen-bond acceptors (Lipinski definition) is 4. The molecular formula is C13H23N3O. The van der Waals surface area contributed by atoms with Gasteiger partial charge in [-0.2, -0.15) is 0 Å². The van der Waals surface area contributed by atoms with E-state index in [1.807, 2.05) is 13.0 Å². The van der Waals surface area contributed by atoms with Gasteiger partial charge in [-0.15, -0.1) is 0 Å². The molecule has 0 aromatic carbocycles. The van der Waals surface area contributed by atoms with E-state index in [0.717, 1.165) is 37.6 Å². The van der Waals surface area contributed by atoms with Gasteiger partial charge in [0, 0.05) is 25.2 Å². The first-order valence-electron chi connectivity index (χ1n) is 6.57. The zero-order valence-electron chi connectivity index (χ0n) is 11.1. The van der Waals surface area contributed by atoms with Crippen LogP contribution in [0, 0.1) is 12.8 Å². The number of aromatic nitrogens is 1. The van der Waals surface area contributed by atoms with E-state index in [0.29, 0.717) is 12.0 Å². The van der Waals surface area contributed by atoms with E-state index in [1.54, 1.807) is 0 Å². The fourth-order valence-corrected chi connectivity index (χ4v) is 2.65. The molecule has 1 aromatic rings. The number of rotatable bonds is 4. The summed E-state index contributed by atoms with van der Waals surface area (Å²) >= 11 is 0. The van der Waals surface area contributed by atoms with Gasteiger partial charge in [-0.3, -0.25) is 4.90 Å². The van der Waals surface area contributed by atoms with E-state index in [4.69, 9.17) is 4.52 Å². The van der Waals surface area contributed by atoms with Gasteiger partial charge < -0.3 is 9.84 Å². The van der Waals surface area contributed by atoms with Crippen LogP contribution in [0.3, 0.4) is 0 Å². The first-order chi connectivity index (χ1) is 8.19. The molecule has 2 heterocycles. The van der Waals surface area contributed by atoms with E-state index in [1.165, 1.54) is 6.42 Å². The lowest BCUT2D eigenvalue weighted by Gasteiger charge is -2.36. The predicted octanol–water partition coefficient (Wildman–Crippen LogP) is 1.80. The highest BCUT2D eigenvalue weighted by atomic mass is 16.5. The minimum absolute atomic E-state index is 0.674. The first kappa shape index (κ1) is 12.6. The highest BCUT2D eigenvalue weighted by molar-refractivity contribution is 5.03. The van der Waals surface area contributed by atoms with Crippen molar-refractivity contribution in [1.29, 1.82) is 0 Å². The summed E-state index contributed by atoms with van der Waals surface area (Å²) in [5.41, 5.74) is 0.968. The molecule has 0 radical (unpaired) electrons. The van der Waals surface area contributed by atoms with Crippen molar-refractivity contribution in [2.24, 2.45) is 5.92 Å². The summed E-state index contributed by atoms with van der Waals surface area (Å²) in [4.78, 5) is 2.46. The maximum atomic E-state index is 5.27. The molecule has 1 aromatic heterocycles. The normalized spacial score (nSPS) is 26.3. The smallest absolute Gasteiger partial charge is 0.150 e.